The summed E-state index contributed by atoms with van der Waals surface area (Å²) in [6.45, 7) is 7.13. The molecule has 94 valence electrons. The maximum Gasteiger partial charge on any atom is 0.123 e. The molecule has 17 heavy (non-hydrogen) atoms. The molecule has 0 spiro atoms. The van der Waals surface area contributed by atoms with Gasteiger partial charge in [-0.1, -0.05) is 19.8 Å². The average Bonchev–Trinajstić information content (AvgIpc) is 3.00. The van der Waals surface area contributed by atoms with Crippen LogP contribution < -0.4 is 5.32 Å². The van der Waals surface area contributed by atoms with E-state index in [9.17, 15) is 4.39 Å². The first kappa shape index (κ1) is 12.6. The summed E-state index contributed by atoms with van der Waals surface area (Å²) in [5.41, 5.74) is 3.46. The van der Waals surface area contributed by atoms with E-state index in [-0.39, 0.29) is 5.82 Å². The van der Waals surface area contributed by atoms with Crippen LogP contribution in [0, 0.1) is 25.6 Å². The monoisotopic (exact) mass is 235 g/mol. The van der Waals surface area contributed by atoms with Crippen molar-refractivity contribution in [2.45, 2.75) is 46.1 Å². The molecule has 1 unspecified atom stereocenters. The molecule has 1 N–H and O–H groups in total. The first-order valence-corrected chi connectivity index (χ1v) is 6.61. The molecular weight excluding hydrogens is 213 g/mol. The van der Waals surface area contributed by atoms with Gasteiger partial charge in [-0.05, 0) is 61.6 Å². The molecular formula is C15H22FN. The zero-order valence-electron chi connectivity index (χ0n) is 11.0. The summed E-state index contributed by atoms with van der Waals surface area (Å²) >= 11 is 0. The van der Waals surface area contributed by atoms with Crippen LogP contribution in [0.15, 0.2) is 12.1 Å². The van der Waals surface area contributed by atoms with Gasteiger partial charge in [0.2, 0.25) is 0 Å². The van der Waals surface area contributed by atoms with Gasteiger partial charge in [-0.15, -0.1) is 0 Å². The lowest BCUT2D eigenvalue weighted by atomic mass is 9.92. The molecule has 1 atom stereocenters. The summed E-state index contributed by atoms with van der Waals surface area (Å²) in [6.07, 6.45) is 3.92. The molecule has 0 aliphatic heterocycles. The third kappa shape index (κ3) is 3.06. The van der Waals surface area contributed by atoms with E-state index >= 15 is 0 Å². The molecule has 0 saturated heterocycles. The molecule has 1 nitrogen and oxygen atoms in total. The molecule has 0 bridgehead atoms. The Morgan fingerprint density at radius 1 is 1.29 bits per heavy atom. The second-order valence-corrected chi connectivity index (χ2v) is 5.24. The van der Waals surface area contributed by atoms with Gasteiger partial charge in [0.05, 0.1) is 0 Å². The predicted octanol–water partition coefficient (Wildman–Crippen LogP) is 3.89. The molecule has 1 saturated carbocycles. The molecule has 2 rings (SSSR count). The molecule has 1 aromatic carbocycles. The van der Waals surface area contributed by atoms with E-state index < -0.39 is 0 Å². The largest absolute Gasteiger partial charge is 0.310 e. The minimum atomic E-state index is -0.120. The van der Waals surface area contributed by atoms with E-state index in [1.807, 2.05) is 13.8 Å². The zero-order chi connectivity index (χ0) is 12.4. The Kier molecular flexibility index (Phi) is 3.82. The van der Waals surface area contributed by atoms with Gasteiger partial charge in [-0.2, -0.15) is 0 Å². The molecule has 2 heteroatoms. The first-order chi connectivity index (χ1) is 8.11. The fourth-order valence-corrected chi connectivity index (χ4v) is 2.71. The molecule has 1 aromatic rings. The maximum atomic E-state index is 13.3. The minimum Gasteiger partial charge on any atom is -0.310 e. The highest BCUT2D eigenvalue weighted by molar-refractivity contribution is 5.37. The highest BCUT2D eigenvalue weighted by atomic mass is 19.1. The summed E-state index contributed by atoms with van der Waals surface area (Å²) in [5, 5.41) is 3.55. The van der Waals surface area contributed by atoms with Crippen LogP contribution in [-0.4, -0.2) is 6.54 Å². The van der Waals surface area contributed by atoms with Crippen molar-refractivity contribution >= 4 is 0 Å². The van der Waals surface area contributed by atoms with Gasteiger partial charge in [-0.25, -0.2) is 4.39 Å². The molecule has 1 aliphatic rings. The van der Waals surface area contributed by atoms with E-state index in [1.165, 1.54) is 24.8 Å². The number of nitrogens with one attached hydrogen (secondary N) is 1. The second-order valence-electron chi connectivity index (χ2n) is 5.24. The van der Waals surface area contributed by atoms with Gasteiger partial charge in [0, 0.05) is 6.04 Å². The van der Waals surface area contributed by atoms with Crippen molar-refractivity contribution in [2.24, 2.45) is 5.92 Å². The van der Waals surface area contributed by atoms with E-state index in [1.54, 1.807) is 12.1 Å². The molecule has 1 fully saturated rings. The van der Waals surface area contributed by atoms with Crippen molar-refractivity contribution in [3.8, 4) is 0 Å². The van der Waals surface area contributed by atoms with Gasteiger partial charge in [0.25, 0.3) is 0 Å². The van der Waals surface area contributed by atoms with Gasteiger partial charge >= 0.3 is 0 Å². The third-order valence-corrected chi connectivity index (χ3v) is 3.62. The third-order valence-electron chi connectivity index (χ3n) is 3.62. The van der Waals surface area contributed by atoms with Crippen LogP contribution in [0.5, 0.6) is 0 Å². The molecule has 1 aliphatic carbocycles. The van der Waals surface area contributed by atoms with Crippen LogP contribution in [0.1, 0.15) is 48.9 Å². The quantitative estimate of drug-likeness (QED) is 0.816. The normalized spacial score (nSPS) is 17.2. The number of hydrogen-bond acceptors (Lipinski definition) is 1. The summed E-state index contributed by atoms with van der Waals surface area (Å²) in [5.74, 6) is 0.758. The van der Waals surface area contributed by atoms with Crippen molar-refractivity contribution in [1.29, 1.82) is 0 Å². The fraction of sp³-hybridized carbons (Fsp3) is 0.600. The zero-order valence-corrected chi connectivity index (χ0v) is 11.0. The fourth-order valence-electron chi connectivity index (χ4n) is 2.71. The molecule has 0 amide bonds. The SMILES string of the molecule is CCNC(CC1CC1)c1c(C)cc(F)cc1C. The van der Waals surface area contributed by atoms with Crippen LogP contribution in [0.4, 0.5) is 4.39 Å². The number of rotatable bonds is 5. The van der Waals surface area contributed by atoms with Gasteiger partial charge in [0.15, 0.2) is 0 Å². The van der Waals surface area contributed by atoms with Crippen LogP contribution in [-0.2, 0) is 0 Å². The average molecular weight is 235 g/mol. The number of aryl methyl sites for hydroxylation is 2. The second kappa shape index (κ2) is 5.18. The Labute approximate surface area is 103 Å². The molecule has 0 radical (unpaired) electrons. The van der Waals surface area contributed by atoms with Gasteiger partial charge in [-0.3, -0.25) is 0 Å². The van der Waals surface area contributed by atoms with E-state index in [4.69, 9.17) is 0 Å². The van der Waals surface area contributed by atoms with E-state index in [0.717, 1.165) is 23.6 Å². The maximum absolute atomic E-state index is 13.3. The summed E-state index contributed by atoms with van der Waals surface area (Å²) in [6, 6.07) is 3.70. The van der Waals surface area contributed by atoms with Crippen LogP contribution in [0.3, 0.4) is 0 Å². The van der Waals surface area contributed by atoms with Crippen molar-refractivity contribution in [2.75, 3.05) is 6.54 Å². The Balaban J connectivity index is 2.26. The predicted molar refractivity (Wildman–Crippen MR) is 69.6 cm³/mol. The lowest BCUT2D eigenvalue weighted by molar-refractivity contribution is 0.482. The van der Waals surface area contributed by atoms with Crippen LogP contribution in [0.25, 0.3) is 0 Å². The van der Waals surface area contributed by atoms with E-state index in [2.05, 4.69) is 12.2 Å². The standard InChI is InChI=1S/C15H22FN/c1-4-17-14(9-12-5-6-12)15-10(2)7-13(16)8-11(15)3/h7-8,12,14,17H,4-6,9H2,1-3H3. The highest BCUT2D eigenvalue weighted by Gasteiger charge is 2.27. The smallest absolute Gasteiger partial charge is 0.123 e. The van der Waals surface area contributed by atoms with Crippen LogP contribution >= 0.6 is 0 Å². The summed E-state index contributed by atoms with van der Waals surface area (Å²) < 4.78 is 13.3. The van der Waals surface area contributed by atoms with E-state index in [0.29, 0.717) is 6.04 Å². The summed E-state index contributed by atoms with van der Waals surface area (Å²) in [4.78, 5) is 0. The summed E-state index contributed by atoms with van der Waals surface area (Å²) in [7, 11) is 0. The number of hydrogen-bond donors (Lipinski definition) is 1. The van der Waals surface area contributed by atoms with Gasteiger partial charge < -0.3 is 5.32 Å². The van der Waals surface area contributed by atoms with Crippen molar-refractivity contribution in [1.82, 2.24) is 5.32 Å². The van der Waals surface area contributed by atoms with Crippen molar-refractivity contribution < 1.29 is 4.39 Å². The number of benzene rings is 1. The lowest BCUT2D eigenvalue weighted by Crippen LogP contribution is -2.23. The van der Waals surface area contributed by atoms with Crippen molar-refractivity contribution in [3.63, 3.8) is 0 Å². The Hall–Kier alpha value is -0.890. The Bertz CT molecular complexity index is 373. The number of halogens is 1. The van der Waals surface area contributed by atoms with Crippen molar-refractivity contribution in [3.05, 3.63) is 34.6 Å². The van der Waals surface area contributed by atoms with Crippen LogP contribution in [0.2, 0.25) is 0 Å². The topological polar surface area (TPSA) is 12.0 Å². The highest BCUT2D eigenvalue weighted by Crippen LogP contribution is 2.39. The lowest BCUT2D eigenvalue weighted by Gasteiger charge is -2.22. The molecule has 0 aromatic heterocycles. The Morgan fingerprint density at radius 3 is 2.35 bits per heavy atom. The first-order valence-electron chi connectivity index (χ1n) is 6.61. The minimum absolute atomic E-state index is 0.120. The molecule has 0 heterocycles. The Morgan fingerprint density at radius 2 is 1.88 bits per heavy atom. The van der Waals surface area contributed by atoms with Gasteiger partial charge in [0.1, 0.15) is 5.82 Å².